The van der Waals surface area contributed by atoms with Crippen molar-refractivity contribution in [1.82, 2.24) is 0 Å². The van der Waals surface area contributed by atoms with Crippen LogP contribution < -0.4 is 19.7 Å². The number of methoxy groups -OCH3 is 1. The maximum atomic E-state index is 12.6. The average molecular weight is 509 g/mol. The van der Waals surface area contributed by atoms with Gasteiger partial charge in [0.1, 0.15) is 5.75 Å². The highest BCUT2D eigenvalue weighted by Gasteiger charge is 2.36. The molecule has 9 heteroatoms. The molecule has 3 aromatic carbocycles. The summed E-state index contributed by atoms with van der Waals surface area (Å²) in [4.78, 5) is 38.8. The molecule has 1 aliphatic rings. The molecule has 8 nitrogen and oxygen atoms in total. The first-order valence-electron chi connectivity index (χ1n) is 11.3. The van der Waals surface area contributed by atoms with Gasteiger partial charge in [-0.25, -0.2) is 0 Å². The standard InChI is InChI=1S/C27H25ClN2O6/c1-17-21(28)6-5-7-22(17)29-25(31)16-35-27(33)18-14-26(32)30(15-18)19-10-12-20(13-11-19)36-24-9-4-3-8-23(24)34-2/h3-13,18H,14-16H2,1-2H3,(H,29,31)/t18-/m1/s1. The van der Waals surface area contributed by atoms with Gasteiger partial charge in [0.25, 0.3) is 5.91 Å². The number of anilines is 2. The van der Waals surface area contributed by atoms with E-state index in [0.717, 1.165) is 5.56 Å². The van der Waals surface area contributed by atoms with E-state index in [4.69, 9.17) is 25.8 Å². The largest absolute Gasteiger partial charge is 0.493 e. The first kappa shape index (κ1) is 25.1. The maximum absolute atomic E-state index is 12.6. The van der Waals surface area contributed by atoms with Crippen molar-refractivity contribution in [2.24, 2.45) is 5.92 Å². The third-order valence-corrected chi connectivity index (χ3v) is 6.20. The highest BCUT2D eigenvalue weighted by Crippen LogP contribution is 2.33. The van der Waals surface area contributed by atoms with E-state index in [1.807, 2.05) is 12.1 Å². The van der Waals surface area contributed by atoms with Crippen LogP contribution in [0.4, 0.5) is 11.4 Å². The summed E-state index contributed by atoms with van der Waals surface area (Å²) in [5.41, 5.74) is 1.90. The quantitative estimate of drug-likeness (QED) is 0.431. The fourth-order valence-corrected chi connectivity index (χ4v) is 4.00. The molecule has 3 aromatic rings. The monoisotopic (exact) mass is 508 g/mol. The molecular formula is C27H25ClN2O6. The first-order valence-corrected chi connectivity index (χ1v) is 11.7. The minimum atomic E-state index is -0.664. The Morgan fingerprint density at radius 1 is 1.03 bits per heavy atom. The van der Waals surface area contributed by atoms with E-state index in [9.17, 15) is 14.4 Å². The van der Waals surface area contributed by atoms with E-state index < -0.39 is 24.4 Å². The number of esters is 1. The van der Waals surface area contributed by atoms with Crippen molar-refractivity contribution in [1.29, 1.82) is 0 Å². The fourth-order valence-electron chi connectivity index (χ4n) is 3.82. The number of hydrogen-bond donors (Lipinski definition) is 1. The topological polar surface area (TPSA) is 94.2 Å². The second kappa shape index (κ2) is 11.1. The van der Waals surface area contributed by atoms with Gasteiger partial charge in [0, 0.05) is 29.4 Å². The Labute approximate surface area is 213 Å². The molecule has 0 aromatic heterocycles. The molecule has 0 unspecified atom stereocenters. The number of carbonyl (C=O) groups excluding carboxylic acids is 3. The van der Waals surface area contributed by atoms with E-state index in [1.165, 1.54) is 4.90 Å². The highest BCUT2D eigenvalue weighted by atomic mass is 35.5. The van der Waals surface area contributed by atoms with Crippen molar-refractivity contribution in [3.05, 3.63) is 77.3 Å². The van der Waals surface area contributed by atoms with Crippen molar-refractivity contribution in [3.8, 4) is 17.2 Å². The molecule has 0 radical (unpaired) electrons. The van der Waals surface area contributed by atoms with Crippen molar-refractivity contribution < 1.29 is 28.6 Å². The molecule has 1 fully saturated rings. The average Bonchev–Trinajstić information content (AvgIpc) is 3.28. The van der Waals surface area contributed by atoms with Crippen LogP contribution in [0, 0.1) is 12.8 Å². The van der Waals surface area contributed by atoms with Crippen LogP contribution in [-0.2, 0) is 19.1 Å². The summed E-state index contributed by atoms with van der Waals surface area (Å²) in [5, 5.41) is 3.19. The van der Waals surface area contributed by atoms with Crippen LogP contribution in [0.2, 0.25) is 5.02 Å². The molecule has 1 atom stereocenters. The van der Waals surface area contributed by atoms with Crippen LogP contribution in [0.1, 0.15) is 12.0 Å². The molecule has 2 amide bonds. The number of carbonyl (C=O) groups is 3. The van der Waals surface area contributed by atoms with Gasteiger partial charge in [0.05, 0.1) is 13.0 Å². The third kappa shape index (κ3) is 5.78. The number of halogens is 1. The molecule has 36 heavy (non-hydrogen) atoms. The van der Waals surface area contributed by atoms with E-state index in [-0.39, 0.29) is 18.9 Å². The Balaban J connectivity index is 1.31. The van der Waals surface area contributed by atoms with Gasteiger partial charge in [-0.2, -0.15) is 0 Å². The van der Waals surface area contributed by atoms with Crippen molar-refractivity contribution in [3.63, 3.8) is 0 Å². The molecule has 1 N–H and O–H groups in total. The van der Waals surface area contributed by atoms with E-state index >= 15 is 0 Å². The molecule has 4 rings (SSSR count). The van der Waals surface area contributed by atoms with Gasteiger partial charge >= 0.3 is 5.97 Å². The predicted molar refractivity (Wildman–Crippen MR) is 136 cm³/mol. The minimum Gasteiger partial charge on any atom is -0.493 e. The SMILES string of the molecule is COc1ccccc1Oc1ccc(N2C[C@H](C(=O)OCC(=O)Nc3cccc(Cl)c3C)CC2=O)cc1. The molecule has 1 aliphatic heterocycles. The smallest absolute Gasteiger partial charge is 0.311 e. The first-order chi connectivity index (χ1) is 17.4. The highest BCUT2D eigenvalue weighted by molar-refractivity contribution is 6.31. The zero-order valence-electron chi connectivity index (χ0n) is 19.8. The molecule has 186 valence electrons. The summed E-state index contributed by atoms with van der Waals surface area (Å²) in [6.45, 7) is 1.49. The van der Waals surface area contributed by atoms with E-state index in [2.05, 4.69) is 5.32 Å². The Hall–Kier alpha value is -4.04. The Bertz CT molecular complexity index is 1280. The zero-order valence-corrected chi connectivity index (χ0v) is 20.6. The normalized spacial score (nSPS) is 14.9. The summed E-state index contributed by atoms with van der Waals surface area (Å²) < 4.78 is 16.3. The van der Waals surface area contributed by atoms with Gasteiger partial charge in [-0.1, -0.05) is 29.8 Å². The third-order valence-electron chi connectivity index (χ3n) is 5.79. The van der Waals surface area contributed by atoms with Crippen molar-refractivity contribution in [2.45, 2.75) is 13.3 Å². The van der Waals surface area contributed by atoms with Gasteiger partial charge in [0.2, 0.25) is 5.91 Å². The van der Waals surface area contributed by atoms with Gasteiger partial charge in [0.15, 0.2) is 18.1 Å². The lowest BCUT2D eigenvalue weighted by atomic mass is 10.1. The summed E-state index contributed by atoms with van der Waals surface area (Å²) in [6, 6.07) is 19.4. The Kier molecular flexibility index (Phi) is 7.75. The number of hydrogen-bond acceptors (Lipinski definition) is 6. The molecular weight excluding hydrogens is 484 g/mol. The summed E-state index contributed by atoms with van der Waals surface area (Å²) in [7, 11) is 1.57. The van der Waals surface area contributed by atoms with Crippen LogP contribution in [-0.4, -0.2) is 38.0 Å². The lowest BCUT2D eigenvalue weighted by Crippen LogP contribution is -2.28. The summed E-state index contributed by atoms with van der Waals surface area (Å²) in [6.07, 6.45) is 0.00726. The van der Waals surface area contributed by atoms with Crippen LogP contribution in [0.25, 0.3) is 0 Å². The zero-order chi connectivity index (χ0) is 25.7. The number of para-hydroxylation sites is 2. The lowest BCUT2D eigenvalue weighted by Gasteiger charge is -2.17. The Morgan fingerprint density at radius 2 is 1.75 bits per heavy atom. The van der Waals surface area contributed by atoms with Crippen LogP contribution in [0.5, 0.6) is 17.2 Å². The number of rotatable bonds is 8. The molecule has 0 aliphatic carbocycles. The second-order valence-corrected chi connectivity index (χ2v) is 8.63. The maximum Gasteiger partial charge on any atom is 0.311 e. The van der Waals surface area contributed by atoms with Gasteiger partial charge < -0.3 is 24.4 Å². The number of nitrogens with one attached hydrogen (secondary N) is 1. The van der Waals surface area contributed by atoms with Crippen LogP contribution >= 0.6 is 11.6 Å². The predicted octanol–water partition coefficient (Wildman–Crippen LogP) is 4.98. The fraction of sp³-hybridized carbons (Fsp3) is 0.222. The number of benzene rings is 3. The molecule has 0 saturated carbocycles. The Morgan fingerprint density at radius 3 is 2.47 bits per heavy atom. The molecule has 0 spiro atoms. The summed E-state index contributed by atoms with van der Waals surface area (Å²) in [5.74, 6) is -0.194. The van der Waals surface area contributed by atoms with Gasteiger partial charge in [-0.15, -0.1) is 0 Å². The number of nitrogens with zero attached hydrogens (tertiary/aromatic N) is 1. The van der Waals surface area contributed by atoms with Crippen LogP contribution in [0.15, 0.2) is 66.7 Å². The summed E-state index contributed by atoms with van der Waals surface area (Å²) >= 11 is 6.06. The molecule has 0 bridgehead atoms. The van der Waals surface area contributed by atoms with Crippen LogP contribution in [0.3, 0.4) is 0 Å². The second-order valence-electron chi connectivity index (χ2n) is 8.22. The van der Waals surface area contributed by atoms with Crippen molar-refractivity contribution in [2.75, 3.05) is 30.5 Å². The number of amides is 2. The lowest BCUT2D eigenvalue weighted by molar-refractivity contribution is -0.151. The van der Waals surface area contributed by atoms with Gasteiger partial charge in [-0.05, 0) is 61.0 Å². The molecule has 1 saturated heterocycles. The van der Waals surface area contributed by atoms with E-state index in [1.54, 1.807) is 68.6 Å². The minimum absolute atomic E-state index is 0.00726. The van der Waals surface area contributed by atoms with Crippen molar-refractivity contribution >= 4 is 40.8 Å². The van der Waals surface area contributed by atoms with E-state index in [0.29, 0.717) is 33.6 Å². The molecule has 1 heterocycles. The van der Waals surface area contributed by atoms with Gasteiger partial charge in [-0.3, -0.25) is 14.4 Å². The number of ether oxygens (including phenoxy) is 3.